The first-order chi connectivity index (χ1) is 10.5. The van der Waals surface area contributed by atoms with Gasteiger partial charge in [-0.25, -0.2) is 0 Å². The van der Waals surface area contributed by atoms with Crippen molar-refractivity contribution in [2.24, 2.45) is 0 Å². The average Bonchev–Trinajstić information content (AvgIpc) is 2.87. The number of carbonyl (C=O) groups is 1. The maximum Gasteiger partial charge on any atom is 0.387 e. The zero-order valence-electron chi connectivity index (χ0n) is 11.7. The van der Waals surface area contributed by atoms with Crippen molar-refractivity contribution >= 4 is 27.8 Å². The van der Waals surface area contributed by atoms with E-state index in [2.05, 4.69) is 25.8 Å². The Balaban J connectivity index is 2.21. The van der Waals surface area contributed by atoms with Crippen LogP contribution in [0, 0.1) is 0 Å². The summed E-state index contributed by atoms with van der Waals surface area (Å²) in [4.78, 5) is 12.1. The molecular formula is C15H13BrF2N2O2. The van der Waals surface area contributed by atoms with Crippen LogP contribution in [0.4, 0.5) is 8.78 Å². The van der Waals surface area contributed by atoms with Gasteiger partial charge in [-0.2, -0.15) is 13.9 Å². The van der Waals surface area contributed by atoms with Gasteiger partial charge in [0.1, 0.15) is 11.4 Å². The van der Waals surface area contributed by atoms with Crippen LogP contribution in [0.2, 0.25) is 0 Å². The van der Waals surface area contributed by atoms with Gasteiger partial charge in [0.05, 0.1) is 4.47 Å². The lowest BCUT2D eigenvalue weighted by atomic mass is 10.1. The van der Waals surface area contributed by atoms with Gasteiger partial charge >= 0.3 is 6.61 Å². The molecule has 0 saturated carbocycles. The van der Waals surface area contributed by atoms with E-state index >= 15 is 0 Å². The number of allylic oxidation sites excluding steroid dienone is 1. The van der Waals surface area contributed by atoms with Crippen LogP contribution in [0.3, 0.4) is 0 Å². The Kier molecular flexibility index (Phi) is 5.43. The van der Waals surface area contributed by atoms with Crippen molar-refractivity contribution in [3.05, 3.63) is 52.3 Å². The van der Waals surface area contributed by atoms with E-state index in [0.717, 1.165) is 0 Å². The Hall–Kier alpha value is -2.02. The first-order valence-electron chi connectivity index (χ1n) is 6.50. The molecule has 0 N–H and O–H groups in total. The predicted molar refractivity (Wildman–Crippen MR) is 82.0 cm³/mol. The van der Waals surface area contributed by atoms with E-state index in [1.807, 2.05) is 6.92 Å². The second-order valence-corrected chi connectivity index (χ2v) is 5.15. The summed E-state index contributed by atoms with van der Waals surface area (Å²) in [5.41, 5.74) is 0.660. The van der Waals surface area contributed by atoms with Crippen LogP contribution in [0.1, 0.15) is 23.0 Å². The van der Waals surface area contributed by atoms with Gasteiger partial charge in [0.15, 0.2) is 0 Å². The number of ether oxygens (including phenoxy) is 1. The minimum atomic E-state index is -2.92. The standard InChI is InChI=1S/C15H13BrF2N2O2/c1-2-20-9-11(16)14(19-20)12(21)8-7-10-5-3-4-6-13(10)22-15(17)18/h3-9,15H,2H2,1H3/b8-7+. The smallest absolute Gasteiger partial charge is 0.387 e. The second kappa shape index (κ2) is 7.31. The number of para-hydroxylation sites is 1. The van der Waals surface area contributed by atoms with Gasteiger partial charge in [0.2, 0.25) is 5.78 Å². The third-order valence-corrected chi connectivity index (χ3v) is 3.40. The molecule has 0 aliphatic carbocycles. The van der Waals surface area contributed by atoms with Gasteiger partial charge in [-0.05, 0) is 41.1 Å². The number of nitrogens with zero attached hydrogens (tertiary/aromatic N) is 2. The minimum Gasteiger partial charge on any atom is -0.434 e. The van der Waals surface area contributed by atoms with E-state index in [-0.39, 0.29) is 17.2 Å². The molecular weight excluding hydrogens is 358 g/mol. The maximum absolute atomic E-state index is 12.3. The molecule has 0 amide bonds. The van der Waals surface area contributed by atoms with Crippen molar-refractivity contribution in [1.29, 1.82) is 0 Å². The van der Waals surface area contributed by atoms with Crippen molar-refractivity contribution in [2.45, 2.75) is 20.1 Å². The number of ketones is 1. The number of aryl methyl sites for hydroxylation is 1. The number of rotatable bonds is 6. The molecule has 1 heterocycles. The quantitative estimate of drug-likeness (QED) is 0.566. The van der Waals surface area contributed by atoms with Crippen LogP contribution in [0.5, 0.6) is 5.75 Å². The molecule has 0 radical (unpaired) electrons. The number of alkyl halides is 2. The van der Waals surface area contributed by atoms with E-state index in [4.69, 9.17) is 0 Å². The first-order valence-corrected chi connectivity index (χ1v) is 7.29. The fraction of sp³-hybridized carbons (Fsp3) is 0.200. The van der Waals surface area contributed by atoms with Crippen LogP contribution in [0.25, 0.3) is 6.08 Å². The van der Waals surface area contributed by atoms with E-state index in [0.29, 0.717) is 16.6 Å². The first kappa shape index (κ1) is 16.4. The maximum atomic E-state index is 12.3. The molecule has 1 aromatic carbocycles. The molecule has 0 aliphatic heterocycles. The topological polar surface area (TPSA) is 44.1 Å². The Morgan fingerprint density at radius 2 is 2.18 bits per heavy atom. The molecule has 0 aliphatic rings. The zero-order chi connectivity index (χ0) is 16.1. The number of hydrogen-bond acceptors (Lipinski definition) is 3. The number of benzene rings is 1. The van der Waals surface area contributed by atoms with Gasteiger partial charge in [0.25, 0.3) is 0 Å². The summed E-state index contributed by atoms with van der Waals surface area (Å²) in [7, 11) is 0. The lowest BCUT2D eigenvalue weighted by Gasteiger charge is -2.07. The summed E-state index contributed by atoms with van der Waals surface area (Å²) < 4.78 is 31.3. The summed E-state index contributed by atoms with van der Waals surface area (Å²) in [6.07, 6.45) is 4.41. The van der Waals surface area contributed by atoms with Crippen molar-refractivity contribution < 1.29 is 18.3 Å². The number of hydrogen-bond donors (Lipinski definition) is 0. The summed E-state index contributed by atoms with van der Waals surface area (Å²) in [6, 6.07) is 6.25. The molecule has 0 unspecified atom stereocenters. The molecule has 1 aromatic heterocycles. The highest BCUT2D eigenvalue weighted by atomic mass is 79.9. The Morgan fingerprint density at radius 3 is 2.82 bits per heavy atom. The highest BCUT2D eigenvalue weighted by Gasteiger charge is 2.13. The SMILES string of the molecule is CCn1cc(Br)c(C(=O)/C=C/c2ccccc2OC(F)F)n1. The summed E-state index contributed by atoms with van der Waals surface area (Å²) in [5, 5.41) is 4.13. The highest BCUT2D eigenvalue weighted by molar-refractivity contribution is 9.10. The lowest BCUT2D eigenvalue weighted by Crippen LogP contribution is -2.03. The van der Waals surface area contributed by atoms with Crippen LogP contribution < -0.4 is 4.74 Å². The Morgan fingerprint density at radius 1 is 1.45 bits per heavy atom. The van der Waals surface area contributed by atoms with Crippen LogP contribution in [0.15, 0.2) is 41.0 Å². The van der Waals surface area contributed by atoms with Crippen molar-refractivity contribution in [3.8, 4) is 5.75 Å². The fourth-order valence-electron chi connectivity index (χ4n) is 1.79. The number of halogens is 3. The summed E-state index contributed by atoms with van der Waals surface area (Å²) >= 11 is 3.27. The van der Waals surface area contributed by atoms with Crippen LogP contribution >= 0.6 is 15.9 Å². The fourth-order valence-corrected chi connectivity index (χ4v) is 2.30. The molecule has 0 atom stereocenters. The normalized spacial score (nSPS) is 11.3. The Bertz CT molecular complexity index is 699. The second-order valence-electron chi connectivity index (χ2n) is 4.30. The Labute approximate surface area is 134 Å². The van der Waals surface area contributed by atoms with Crippen LogP contribution in [-0.2, 0) is 6.54 Å². The van der Waals surface area contributed by atoms with Gasteiger partial charge in [0, 0.05) is 18.3 Å². The van der Waals surface area contributed by atoms with E-state index < -0.39 is 6.61 Å². The molecule has 0 fully saturated rings. The van der Waals surface area contributed by atoms with E-state index in [1.165, 1.54) is 18.2 Å². The van der Waals surface area contributed by atoms with Gasteiger partial charge in [-0.15, -0.1) is 0 Å². The lowest BCUT2D eigenvalue weighted by molar-refractivity contribution is -0.0499. The van der Waals surface area contributed by atoms with E-state index in [9.17, 15) is 13.6 Å². The largest absolute Gasteiger partial charge is 0.434 e. The molecule has 2 aromatic rings. The zero-order valence-corrected chi connectivity index (χ0v) is 13.3. The molecule has 0 spiro atoms. The summed E-state index contributed by atoms with van der Waals surface area (Å²) in [5.74, 6) is -0.314. The molecule has 7 heteroatoms. The van der Waals surface area contributed by atoms with Crippen molar-refractivity contribution in [2.75, 3.05) is 0 Å². The third kappa shape index (κ3) is 4.00. The van der Waals surface area contributed by atoms with Crippen LogP contribution in [-0.4, -0.2) is 22.2 Å². The number of carbonyl (C=O) groups excluding carboxylic acids is 1. The average molecular weight is 371 g/mol. The summed E-state index contributed by atoms with van der Waals surface area (Å²) in [6.45, 7) is -0.373. The molecule has 22 heavy (non-hydrogen) atoms. The van der Waals surface area contributed by atoms with Gasteiger partial charge in [-0.1, -0.05) is 18.2 Å². The molecule has 0 bridgehead atoms. The number of aromatic nitrogens is 2. The van der Waals surface area contributed by atoms with Gasteiger partial charge in [-0.3, -0.25) is 9.48 Å². The monoisotopic (exact) mass is 370 g/mol. The predicted octanol–water partition coefficient (Wildman–Crippen LogP) is 4.16. The highest BCUT2D eigenvalue weighted by Crippen LogP contribution is 2.22. The minimum absolute atomic E-state index is 0.0136. The van der Waals surface area contributed by atoms with E-state index in [1.54, 1.807) is 29.1 Å². The molecule has 2 rings (SSSR count). The molecule has 4 nitrogen and oxygen atoms in total. The van der Waals surface area contributed by atoms with Gasteiger partial charge < -0.3 is 4.74 Å². The van der Waals surface area contributed by atoms with Crippen molar-refractivity contribution in [1.82, 2.24) is 9.78 Å². The molecule has 0 saturated heterocycles. The third-order valence-electron chi connectivity index (χ3n) is 2.82. The molecule has 116 valence electrons. The van der Waals surface area contributed by atoms with Crippen molar-refractivity contribution in [3.63, 3.8) is 0 Å².